The van der Waals surface area contributed by atoms with Crippen molar-refractivity contribution in [2.45, 2.75) is 57.2 Å². The van der Waals surface area contributed by atoms with Crippen LogP contribution in [-0.4, -0.2) is 61.5 Å². The van der Waals surface area contributed by atoms with Crippen molar-refractivity contribution in [3.05, 3.63) is 89.1 Å². The minimum atomic E-state index is -3.67. The van der Waals surface area contributed by atoms with Crippen LogP contribution in [0.4, 0.5) is 0 Å². The molecule has 1 heterocycles. The number of nitrogens with one attached hydrogen (secondary N) is 1. The Morgan fingerprint density at radius 3 is 2.17 bits per heavy atom. The number of aliphatic hydroxyl groups is 1. The van der Waals surface area contributed by atoms with Gasteiger partial charge in [-0.25, -0.2) is 4.98 Å². The summed E-state index contributed by atoms with van der Waals surface area (Å²) in [5, 5.41) is 15.2. The normalized spacial score (nSPS) is 15.8. The number of halogens is 1. The molecular formula is C30H45ClN3O5S+. The molecule has 0 bridgehead atoms. The van der Waals surface area contributed by atoms with Crippen LogP contribution in [-0.2, 0) is 35.2 Å². The van der Waals surface area contributed by atoms with Crippen LogP contribution in [0.15, 0.2) is 65.2 Å². The first-order valence-electron chi connectivity index (χ1n) is 13.6. The Labute approximate surface area is 245 Å². The van der Waals surface area contributed by atoms with Gasteiger partial charge in [-0.3, -0.25) is 4.55 Å². The van der Waals surface area contributed by atoms with E-state index in [2.05, 4.69) is 48.7 Å². The predicted octanol–water partition coefficient (Wildman–Crippen LogP) is 4.96. The monoisotopic (exact) mass is 594 g/mol. The molecule has 3 aromatic rings. The molecule has 1 fully saturated rings. The van der Waals surface area contributed by atoms with Crippen LogP contribution in [0.5, 0.6) is 0 Å². The summed E-state index contributed by atoms with van der Waals surface area (Å²) in [6.45, 7) is 2.62. The largest absolute Gasteiger partial charge is 0.436 e. The first kappa shape index (κ1) is 33.9. The quantitative estimate of drug-likeness (QED) is 0.225. The van der Waals surface area contributed by atoms with Crippen LogP contribution in [0, 0.1) is 5.92 Å². The lowest BCUT2D eigenvalue weighted by atomic mass is 9.73. The number of hydrogen-bond acceptors (Lipinski definition) is 6. The lowest BCUT2D eigenvalue weighted by Crippen LogP contribution is -2.40. The highest BCUT2D eigenvalue weighted by atomic mass is 35.5. The summed E-state index contributed by atoms with van der Waals surface area (Å²) in [6, 6.07) is 18.8. The Balaban J connectivity index is 0.000000858. The summed E-state index contributed by atoms with van der Waals surface area (Å²) >= 11 is 0. The summed E-state index contributed by atoms with van der Waals surface area (Å²) < 4.78 is 33.0. The third kappa shape index (κ3) is 10.3. The van der Waals surface area contributed by atoms with Crippen molar-refractivity contribution in [2.24, 2.45) is 5.92 Å². The molecule has 10 heteroatoms. The SMILES string of the molecule is CNCc1ccc(CC[N+](C)(C)Cc2cnc(C(O)(c3ccccc3)C3CCCCC3)o2)cc1.CS(=O)(=O)O.Cl. The van der Waals surface area contributed by atoms with E-state index in [1.165, 1.54) is 17.5 Å². The van der Waals surface area contributed by atoms with Crippen LogP contribution in [0.3, 0.4) is 0 Å². The van der Waals surface area contributed by atoms with Gasteiger partial charge in [-0.1, -0.05) is 73.9 Å². The van der Waals surface area contributed by atoms with E-state index in [1.54, 1.807) is 0 Å². The topological polar surface area (TPSA) is 113 Å². The summed E-state index contributed by atoms with van der Waals surface area (Å²) in [4.78, 5) is 4.64. The van der Waals surface area contributed by atoms with Gasteiger partial charge in [-0.05, 0) is 36.6 Å². The van der Waals surface area contributed by atoms with Gasteiger partial charge in [-0.15, -0.1) is 12.4 Å². The highest BCUT2D eigenvalue weighted by molar-refractivity contribution is 7.85. The second-order valence-electron chi connectivity index (χ2n) is 11.2. The molecule has 0 radical (unpaired) electrons. The van der Waals surface area contributed by atoms with Crippen LogP contribution < -0.4 is 5.32 Å². The number of quaternary nitrogens is 1. The molecule has 0 saturated heterocycles. The van der Waals surface area contributed by atoms with E-state index in [0.29, 0.717) is 12.1 Å². The average molecular weight is 595 g/mol. The van der Waals surface area contributed by atoms with Crippen LogP contribution in [0.2, 0.25) is 0 Å². The number of nitrogens with zero attached hydrogens (tertiary/aromatic N) is 2. The highest BCUT2D eigenvalue weighted by Gasteiger charge is 2.44. The Bertz CT molecular complexity index is 1250. The maximum atomic E-state index is 12.0. The molecule has 4 rings (SSSR count). The van der Waals surface area contributed by atoms with Gasteiger partial charge in [0.15, 0.2) is 11.4 Å². The number of oxazole rings is 1. The van der Waals surface area contributed by atoms with E-state index < -0.39 is 15.7 Å². The standard InChI is InChI=1S/C29H40N3O2.CH4O3S.ClH/c1-30-20-24-16-14-23(15-17-24)18-19-32(2,3)22-27-21-31-28(34-27)29(33,25-10-6-4-7-11-25)26-12-8-5-9-13-26;1-5(2,3)4;/h4,6-7,10-11,14-17,21,26,30,33H,5,8-9,12-13,18-20,22H2,1-3H3;1H3,(H,2,3,4);1H/q+1;;. The molecule has 0 spiro atoms. The van der Waals surface area contributed by atoms with E-state index in [0.717, 1.165) is 67.5 Å². The van der Waals surface area contributed by atoms with Crippen molar-refractivity contribution in [1.29, 1.82) is 0 Å². The molecular weight excluding hydrogens is 550 g/mol. The molecule has 1 aliphatic rings. The van der Waals surface area contributed by atoms with Crippen LogP contribution in [0.1, 0.15) is 60.4 Å². The van der Waals surface area contributed by atoms with Gasteiger partial charge < -0.3 is 19.3 Å². The Kier molecular flexibility index (Phi) is 12.8. The maximum Gasteiger partial charge on any atom is 0.261 e. The van der Waals surface area contributed by atoms with Gasteiger partial charge >= 0.3 is 0 Å². The van der Waals surface area contributed by atoms with Gasteiger partial charge in [0, 0.05) is 18.9 Å². The number of likely N-dealkylation sites (N-methyl/N-ethyl adjacent to an activating group) is 1. The van der Waals surface area contributed by atoms with Crippen molar-refractivity contribution in [1.82, 2.24) is 10.3 Å². The molecule has 1 unspecified atom stereocenters. The fourth-order valence-electron chi connectivity index (χ4n) is 5.26. The number of benzene rings is 2. The molecule has 8 nitrogen and oxygen atoms in total. The zero-order valence-electron chi connectivity index (χ0n) is 24.0. The van der Waals surface area contributed by atoms with Gasteiger partial charge in [0.1, 0.15) is 6.54 Å². The smallest absolute Gasteiger partial charge is 0.261 e. The number of rotatable bonds is 10. The van der Waals surface area contributed by atoms with Gasteiger partial charge in [0.05, 0.1) is 33.1 Å². The molecule has 0 aliphatic heterocycles. The molecule has 1 aromatic heterocycles. The molecule has 1 atom stereocenters. The number of hydrogen-bond donors (Lipinski definition) is 3. The van der Waals surface area contributed by atoms with E-state index >= 15 is 0 Å². The van der Waals surface area contributed by atoms with Crippen molar-refractivity contribution in [3.8, 4) is 0 Å². The van der Waals surface area contributed by atoms with E-state index in [9.17, 15) is 13.5 Å². The van der Waals surface area contributed by atoms with Gasteiger partial charge in [0.25, 0.3) is 10.1 Å². The average Bonchev–Trinajstić information content (AvgIpc) is 3.36. The second kappa shape index (κ2) is 15.1. The lowest BCUT2D eigenvalue weighted by molar-refractivity contribution is -0.904. The molecule has 1 saturated carbocycles. The fraction of sp³-hybridized carbons (Fsp3) is 0.500. The molecule has 0 amide bonds. The van der Waals surface area contributed by atoms with Gasteiger partial charge in [0.2, 0.25) is 5.89 Å². The third-order valence-electron chi connectivity index (χ3n) is 7.28. The van der Waals surface area contributed by atoms with Crippen molar-refractivity contribution >= 4 is 22.5 Å². The van der Waals surface area contributed by atoms with E-state index in [1.807, 2.05) is 43.6 Å². The lowest BCUT2D eigenvalue weighted by Gasteiger charge is -2.36. The molecule has 222 valence electrons. The predicted molar refractivity (Wildman–Crippen MR) is 161 cm³/mol. The third-order valence-corrected chi connectivity index (χ3v) is 7.28. The fourth-order valence-corrected chi connectivity index (χ4v) is 5.26. The van der Waals surface area contributed by atoms with Crippen molar-refractivity contribution in [2.75, 3.05) is 33.9 Å². The zero-order chi connectivity index (χ0) is 28.5. The summed E-state index contributed by atoms with van der Waals surface area (Å²) in [5.41, 5.74) is 2.36. The van der Waals surface area contributed by atoms with E-state index in [-0.39, 0.29) is 18.3 Å². The second-order valence-corrected chi connectivity index (χ2v) is 12.7. The minimum absolute atomic E-state index is 0. The Hall–Kier alpha value is -2.27. The first-order valence-corrected chi connectivity index (χ1v) is 15.5. The summed E-state index contributed by atoms with van der Waals surface area (Å²) in [7, 11) is 2.75. The van der Waals surface area contributed by atoms with Gasteiger partial charge in [-0.2, -0.15) is 8.42 Å². The van der Waals surface area contributed by atoms with Crippen molar-refractivity contribution in [3.63, 3.8) is 0 Å². The van der Waals surface area contributed by atoms with Crippen molar-refractivity contribution < 1.29 is 27.0 Å². The molecule has 40 heavy (non-hydrogen) atoms. The molecule has 1 aliphatic carbocycles. The van der Waals surface area contributed by atoms with E-state index in [4.69, 9.17) is 8.97 Å². The minimum Gasteiger partial charge on any atom is -0.436 e. The first-order chi connectivity index (χ1) is 18.4. The maximum absolute atomic E-state index is 12.0. The Morgan fingerprint density at radius 1 is 1.02 bits per heavy atom. The summed E-state index contributed by atoms with van der Waals surface area (Å²) in [5.74, 6) is 1.40. The van der Waals surface area contributed by atoms with Crippen LogP contribution >= 0.6 is 12.4 Å². The number of aromatic nitrogens is 1. The Morgan fingerprint density at radius 2 is 1.60 bits per heavy atom. The van der Waals surface area contributed by atoms with Crippen LogP contribution in [0.25, 0.3) is 0 Å². The molecule has 2 aromatic carbocycles. The summed E-state index contributed by atoms with van der Waals surface area (Å²) in [6.07, 6.45) is 9.06. The zero-order valence-corrected chi connectivity index (χ0v) is 25.7. The molecule has 3 N–H and O–H groups in total. The highest BCUT2D eigenvalue weighted by Crippen LogP contribution is 2.43.